The van der Waals surface area contributed by atoms with Crippen molar-refractivity contribution in [2.24, 2.45) is 0 Å². The number of aromatic carboxylic acids is 1. The monoisotopic (exact) mass is 224 g/mol. The quantitative estimate of drug-likeness (QED) is 0.727. The lowest BCUT2D eigenvalue weighted by molar-refractivity contribution is -0.140. The first-order valence-electron chi connectivity index (χ1n) is 4.23. The Kier molecular flexibility index (Phi) is 3.60. The van der Waals surface area contributed by atoms with E-state index in [4.69, 9.17) is 10.2 Å². The molecule has 0 spiro atoms. The van der Waals surface area contributed by atoms with Crippen molar-refractivity contribution in [1.82, 2.24) is 0 Å². The third kappa shape index (κ3) is 3.09. The van der Waals surface area contributed by atoms with Crippen LogP contribution in [-0.4, -0.2) is 34.7 Å². The number of rotatable bonds is 4. The molecule has 0 heterocycles. The highest BCUT2D eigenvalue weighted by Crippen LogP contribution is 2.05. The first-order chi connectivity index (χ1) is 7.50. The van der Waals surface area contributed by atoms with E-state index in [2.05, 4.69) is 4.74 Å². The third-order valence-corrected chi connectivity index (χ3v) is 1.69. The summed E-state index contributed by atoms with van der Waals surface area (Å²) in [5, 5.41) is 16.9. The summed E-state index contributed by atoms with van der Waals surface area (Å²) in [5.41, 5.74) is 0.140. The van der Waals surface area contributed by atoms with Crippen LogP contribution in [-0.2, 0) is 9.53 Å². The van der Waals surface area contributed by atoms with Gasteiger partial charge in [-0.2, -0.15) is 0 Å². The summed E-state index contributed by atoms with van der Waals surface area (Å²) in [7, 11) is 0. The fourth-order valence-electron chi connectivity index (χ4n) is 0.960. The standard InChI is InChI=1S/C10H8O6/c11-8(12)5-16-10(15)7-3-1-6(2-4-7)9(13)14/h1-4H,5H2,(H,11,12)(H,13,14). The molecule has 0 saturated heterocycles. The number of hydrogen-bond acceptors (Lipinski definition) is 4. The first-order valence-corrected chi connectivity index (χ1v) is 4.23. The molecule has 0 aliphatic heterocycles. The molecule has 0 unspecified atom stereocenters. The number of hydrogen-bond donors (Lipinski definition) is 2. The molecule has 16 heavy (non-hydrogen) atoms. The second-order valence-electron chi connectivity index (χ2n) is 2.85. The van der Waals surface area contributed by atoms with Gasteiger partial charge in [0.1, 0.15) is 0 Å². The zero-order valence-electron chi connectivity index (χ0n) is 8.04. The highest BCUT2D eigenvalue weighted by Gasteiger charge is 2.10. The predicted octanol–water partition coefficient (Wildman–Crippen LogP) is 0.626. The van der Waals surface area contributed by atoms with Crippen LogP contribution in [0.3, 0.4) is 0 Å². The largest absolute Gasteiger partial charge is 0.479 e. The van der Waals surface area contributed by atoms with Crippen LogP contribution in [0.25, 0.3) is 0 Å². The van der Waals surface area contributed by atoms with Crippen molar-refractivity contribution in [3.63, 3.8) is 0 Å². The van der Waals surface area contributed by atoms with Gasteiger partial charge in [0, 0.05) is 0 Å². The number of carbonyl (C=O) groups excluding carboxylic acids is 1. The number of carbonyl (C=O) groups is 3. The van der Waals surface area contributed by atoms with Crippen LogP contribution in [0, 0.1) is 0 Å². The molecule has 1 aromatic carbocycles. The van der Waals surface area contributed by atoms with Gasteiger partial charge in [-0.3, -0.25) is 0 Å². The molecular formula is C10H8O6. The van der Waals surface area contributed by atoms with Gasteiger partial charge < -0.3 is 14.9 Å². The Morgan fingerprint density at radius 1 is 1.00 bits per heavy atom. The Bertz CT molecular complexity index is 419. The average molecular weight is 224 g/mol. The number of benzene rings is 1. The fraction of sp³-hybridized carbons (Fsp3) is 0.100. The van der Waals surface area contributed by atoms with Crippen molar-refractivity contribution in [1.29, 1.82) is 0 Å². The van der Waals surface area contributed by atoms with E-state index in [9.17, 15) is 14.4 Å². The van der Waals surface area contributed by atoms with Gasteiger partial charge in [0.25, 0.3) is 0 Å². The summed E-state index contributed by atoms with van der Waals surface area (Å²) >= 11 is 0. The molecule has 0 amide bonds. The van der Waals surface area contributed by atoms with E-state index in [1.165, 1.54) is 24.3 Å². The minimum absolute atomic E-state index is 0.0368. The van der Waals surface area contributed by atoms with Gasteiger partial charge in [-0.05, 0) is 24.3 Å². The number of carboxylic acid groups (broad SMARTS) is 2. The van der Waals surface area contributed by atoms with Gasteiger partial charge in [0.15, 0.2) is 6.61 Å². The molecule has 84 valence electrons. The molecular weight excluding hydrogens is 216 g/mol. The second kappa shape index (κ2) is 4.92. The number of carboxylic acids is 2. The lowest BCUT2D eigenvalue weighted by Crippen LogP contribution is -2.13. The van der Waals surface area contributed by atoms with E-state index in [1.807, 2.05) is 0 Å². The Balaban J connectivity index is 2.70. The van der Waals surface area contributed by atoms with Crippen molar-refractivity contribution in [3.8, 4) is 0 Å². The number of esters is 1. The topological polar surface area (TPSA) is 101 Å². The predicted molar refractivity (Wildman–Crippen MR) is 51.3 cm³/mol. The molecule has 0 radical (unpaired) electrons. The van der Waals surface area contributed by atoms with Crippen molar-refractivity contribution in [2.45, 2.75) is 0 Å². The van der Waals surface area contributed by atoms with Gasteiger partial charge in [0.05, 0.1) is 11.1 Å². The molecule has 2 N–H and O–H groups in total. The van der Waals surface area contributed by atoms with Crippen molar-refractivity contribution in [2.75, 3.05) is 6.61 Å². The zero-order chi connectivity index (χ0) is 12.1. The molecule has 0 fully saturated rings. The van der Waals surface area contributed by atoms with Gasteiger partial charge >= 0.3 is 17.9 Å². The van der Waals surface area contributed by atoms with Crippen LogP contribution in [0.15, 0.2) is 24.3 Å². The van der Waals surface area contributed by atoms with Crippen molar-refractivity contribution < 1.29 is 29.3 Å². The van der Waals surface area contributed by atoms with Crippen molar-refractivity contribution >= 4 is 17.9 Å². The molecule has 1 rings (SSSR count). The summed E-state index contributed by atoms with van der Waals surface area (Å²) in [6, 6.07) is 4.99. The van der Waals surface area contributed by atoms with Crippen LogP contribution in [0.1, 0.15) is 20.7 Å². The van der Waals surface area contributed by atoms with E-state index in [1.54, 1.807) is 0 Å². The Morgan fingerprint density at radius 2 is 1.50 bits per heavy atom. The maximum atomic E-state index is 11.2. The summed E-state index contributed by atoms with van der Waals surface area (Å²) in [6.45, 7) is -0.723. The molecule has 6 heteroatoms. The van der Waals surface area contributed by atoms with E-state index in [0.717, 1.165) is 0 Å². The van der Waals surface area contributed by atoms with Crippen LogP contribution in [0.5, 0.6) is 0 Å². The van der Waals surface area contributed by atoms with Crippen LogP contribution in [0.4, 0.5) is 0 Å². The number of aliphatic carboxylic acids is 1. The Hall–Kier alpha value is -2.37. The highest BCUT2D eigenvalue weighted by atomic mass is 16.5. The van der Waals surface area contributed by atoms with Gasteiger partial charge in [-0.1, -0.05) is 0 Å². The molecule has 0 aromatic heterocycles. The maximum absolute atomic E-state index is 11.2. The summed E-state index contributed by atoms with van der Waals surface area (Å²) in [5.74, 6) is -3.17. The van der Waals surface area contributed by atoms with Gasteiger partial charge in [-0.15, -0.1) is 0 Å². The molecule has 0 saturated carbocycles. The Labute approximate surface area is 90.1 Å². The minimum Gasteiger partial charge on any atom is -0.479 e. The third-order valence-electron chi connectivity index (χ3n) is 1.69. The molecule has 0 atom stereocenters. The number of ether oxygens (including phenoxy) is 1. The smallest absolute Gasteiger partial charge is 0.341 e. The molecule has 1 aromatic rings. The molecule has 0 aliphatic carbocycles. The minimum atomic E-state index is -1.25. The second-order valence-corrected chi connectivity index (χ2v) is 2.85. The van der Waals surface area contributed by atoms with Gasteiger partial charge in [0.2, 0.25) is 0 Å². The van der Waals surface area contributed by atoms with Crippen LogP contribution in [0.2, 0.25) is 0 Å². The molecule has 0 aliphatic rings. The van der Waals surface area contributed by atoms with Crippen molar-refractivity contribution in [3.05, 3.63) is 35.4 Å². The summed E-state index contributed by atoms with van der Waals surface area (Å²) in [6.07, 6.45) is 0. The molecule has 0 bridgehead atoms. The lowest BCUT2D eigenvalue weighted by atomic mass is 10.1. The van der Waals surface area contributed by atoms with E-state index in [0.29, 0.717) is 0 Å². The van der Waals surface area contributed by atoms with E-state index >= 15 is 0 Å². The summed E-state index contributed by atoms with van der Waals surface area (Å²) < 4.78 is 4.40. The zero-order valence-corrected chi connectivity index (χ0v) is 8.04. The summed E-state index contributed by atoms with van der Waals surface area (Å²) in [4.78, 5) is 31.8. The van der Waals surface area contributed by atoms with Crippen LogP contribution < -0.4 is 0 Å². The fourth-order valence-corrected chi connectivity index (χ4v) is 0.960. The highest BCUT2D eigenvalue weighted by molar-refractivity contribution is 5.93. The van der Waals surface area contributed by atoms with Gasteiger partial charge in [-0.25, -0.2) is 14.4 Å². The SMILES string of the molecule is O=C(O)COC(=O)c1ccc(C(=O)O)cc1. The maximum Gasteiger partial charge on any atom is 0.341 e. The average Bonchev–Trinajstić information content (AvgIpc) is 2.26. The first kappa shape index (κ1) is 11.7. The van der Waals surface area contributed by atoms with Crippen LogP contribution >= 0.6 is 0 Å². The molecule has 6 nitrogen and oxygen atoms in total. The Morgan fingerprint density at radius 3 is 1.94 bits per heavy atom. The lowest BCUT2D eigenvalue weighted by Gasteiger charge is -2.01. The van der Waals surface area contributed by atoms with E-state index < -0.39 is 24.5 Å². The van der Waals surface area contributed by atoms with E-state index in [-0.39, 0.29) is 11.1 Å². The normalized spacial score (nSPS) is 9.50.